The maximum atomic E-state index is 12.6. The van der Waals surface area contributed by atoms with Crippen molar-refractivity contribution in [1.82, 2.24) is 0 Å². The van der Waals surface area contributed by atoms with Crippen LogP contribution >= 0.6 is 11.6 Å². The maximum Gasteiger partial charge on any atom is 0.337 e. The molecule has 0 bridgehead atoms. The molecule has 2 rings (SSSR count). The summed E-state index contributed by atoms with van der Waals surface area (Å²) in [5.74, 6) is -1.24. The highest BCUT2D eigenvalue weighted by Gasteiger charge is 2.21. The highest BCUT2D eigenvalue weighted by Crippen LogP contribution is 2.20. The van der Waals surface area contributed by atoms with Gasteiger partial charge >= 0.3 is 11.9 Å². The monoisotopic (exact) mass is 405 g/mol. The van der Waals surface area contributed by atoms with Gasteiger partial charge < -0.3 is 19.5 Å². The molecular weight excluding hydrogens is 386 g/mol. The van der Waals surface area contributed by atoms with Crippen molar-refractivity contribution in [2.45, 2.75) is 19.4 Å². The fraction of sp³-hybridized carbons (Fsp3) is 0.250. The average Bonchev–Trinajstić information content (AvgIpc) is 2.71. The molecule has 2 aromatic carbocycles. The predicted molar refractivity (Wildman–Crippen MR) is 104 cm³/mol. The van der Waals surface area contributed by atoms with E-state index >= 15 is 0 Å². The third-order valence-electron chi connectivity index (χ3n) is 3.80. The van der Waals surface area contributed by atoms with Crippen molar-refractivity contribution >= 4 is 35.1 Å². The summed E-state index contributed by atoms with van der Waals surface area (Å²) < 4.78 is 15.1. The number of nitrogens with one attached hydrogen (secondary N) is 1. The van der Waals surface area contributed by atoms with E-state index in [-0.39, 0.29) is 16.8 Å². The summed E-state index contributed by atoms with van der Waals surface area (Å²) >= 11 is 5.85. The SMILES string of the molecule is CC[C@H](Oc1ccc(Cl)cc1)C(=O)Nc1cc(C(=O)OC)cc(C(=O)OC)c1. The first kappa shape index (κ1) is 21.2. The van der Waals surface area contributed by atoms with Gasteiger partial charge in [0.15, 0.2) is 6.10 Å². The quantitative estimate of drug-likeness (QED) is 0.706. The Kier molecular flexibility index (Phi) is 7.40. The number of methoxy groups -OCH3 is 2. The second-order valence-electron chi connectivity index (χ2n) is 5.74. The highest BCUT2D eigenvalue weighted by molar-refractivity contribution is 6.30. The standard InChI is InChI=1S/C20H20ClNO6/c1-4-17(28-16-7-5-14(21)6-8-16)18(23)22-15-10-12(19(24)26-2)9-13(11-15)20(25)27-3/h5-11,17H,4H2,1-3H3,(H,22,23)/t17-/m0/s1. The number of carbonyl (C=O) groups excluding carboxylic acids is 3. The molecule has 0 aliphatic carbocycles. The van der Waals surface area contributed by atoms with Crippen LogP contribution in [0.4, 0.5) is 5.69 Å². The molecule has 0 radical (unpaired) electrons. The van der Waals surface area contributed by atoms with Gasteiger partial charge in [-0.25, -0.2) is 9.59 Å². The van der Waals surface area contributed by atoms with Crippen molar-refractivity contribution in [1.29, 1.82) is 0 Å². The fourth-order valence-corrected chi connectivity index (χ4v) is 2.52. The number of ether oxygens (including phenoxy) is 3. The number of amides is 1. The molecule has 0 aliphatic rings. The van der Waals surface area contributed by atoms with Crippen LogP contribution in [0.2, 0.25) is 5.02 Å². The molecule has 148 valence electrons. The van der Waals surface area contributed by atoms with Gasteiger partial charge in [0.05, 0.1) is 25.3 Å². The second kappa shape index (κ2) is 9.75. The van der Waals surface area contributed by atoms with Crippen molar-refractivity contribution in [3.63, 3.8) is 0 Å². The molecule has 7 nitrogen and oxygen atoms in total. The van der Waals surface area contributed by atoms with Crippen molar-refractivity contribution in [3.05, 3.63) is 58.6 Å². The van der Waals surface area contributed by atoms with E-state index in [0.717, 1.165) is 0 Å². The van der Waals surface area contributed by atoms with Crippen molar-refractivity contribution in [2.24, 2.45) is 0 Å². The molecule has 1 amide bonds. The largest absolute Gasteiger partial charge is 0.481 e. The molecular formula is C20H20ClNO6. The van der Waals surface area contributed by atoms with Crippen LogP contribution in [0, 0.1) is 0 Å². The number of benzene rings is 2. The van der Waals surface area contributed by atoms with Gasteiger partial charge in [0.2, 0.25) is 0 Å². The van der Waals surface area contributed by atoms with Gasteiger partial charge in [0.25, 0.3) is 5.91 Å². The Morgan fingerprint density at radius 3 is 1.96 bits per heavy atom. The van der Waals surface area contributed by atoms with Gasteiger partial charge in [-0.15, -0.1) is 0 Å². The Morgan fingerprint density at radius 2 is 1.50 bits per heavy atom. The lowest BCUT2D eigenvalue weighted by atomic mass is 10.1. The van der Waals surface area contributed by atoms with Crippen molar-refractivity contribution in [3.8, 4) is 5.75 Å². The number of hydrogen-bond acceptors (Lipinski definition) is 6. The summed E-state index contributed by atoms with van der Waals surface area (Å²) in [5.41, 5.74) is 0.450. The number of halogens is 1. The first-order chi connectivity index (χ1) is 13.4. The van der Waals surface area contributed by atoms with Gasteiger partial charge in [-0.05, 0) is 48.9 Å². The van der Waals surface area contributed by atoms with E-state index in [0.29, 0.717) is 17.2 Å². The van der Waals surface area contributed by atoms with Gasteiger partial charge in [-0.3, -0.25) is 4.79 Å². The topological polar surface area (TPSA) is 90.9 Å². The van der Waals surface area contributed by atoms with Gasteiger partial charge in [-0.1, -0.05) is 18.5 Å². The van der Waals surface area contributed by atoms with E-state index in [1.807, 2.05) is 0 Å². The number of esters is 2. The van der Waals surface area contributed by atoms with Crippen LogP contribution in [0.25, 0.3) is 0 Å². The van der Waals surface area contributed by atoms with E-state index in [9.17, 15) is 14.4 Å². The first-order valence-corrected chi connectivity index (χ1v) is 8.80. The van der Waals surface area contributed by atoms with Crippen molar-refractivity contribution < 1.29 is 28.6 Å². The summed E-state index contributed by atoms with van der Waals surface area (Å²) in [6.45, 7) is 1.80. The zero-order chi connectivity index (χ0) is 20.7. The normalized spacial score (nSPS) is 11.3. The molecule has 8 heteroatoms. The lowest BCUT2D eigenvalue weighted by Crippen LogP contribution is -2.32. The number of carbonyl (C=O) groups is 3. The summed E-state index contributed by atoms with van der Waals surface area (Å²) in [7, 11) is 2.44. The Labute approximate surface area is 167 Å². The fourth-order valence-electron chi connectivity index (χ4n) is 2.39. The summed E-state index contributed by atoms with van der Waals surface area (Å²) in [6.07, 6.45) is -0.390. The summed E-state index contributed by atoms with van der Waals surface area (Å²) in [6, 6.07) is 10.8. The van der Waals surface area contributed by atoms with Crippen LogP contribution in [-0.2, 0) is 14.3 Å². The highest BCUT2D eigenvalue weighted by atomic mass is 35.5. The van der Waals surface area contributed by atoms with E-state index in [1.54, 1.807) is 31.2 Å². The Hall–Kier alpha value is -3.06. The molecule has 0 heterocycles. The summed E-state index contributed by atoms with van der Waals surface area (Å²) in [5, 5.41) is 3.21. The molecule has 0 spiro atoms. The molecule has 28 heavy (non-hydrogen) atoms. The number of hydrogen-bond donors (Lipinski definition) is 1. The molecule has 0 saturated carbocycles. The Bertz CT molecular complexity index is 831. The second-order valence-corrected chi connectivity index (χ2v) is 6.18. The minimum atomic E-state index is -0.787. The molecule has 0 aliphatic heterocycles. The zero-order valence-electron chi connectivity index (χ0n) is 15.7. The van der Waals surface area contributed by atoms with Gasteiger partial charge in [-0.2, -0.15) is 0 Å². The molecule has 1 atom stereocenters. The molecule has 0 aromatic heterocycles. The van der Waals surface area contributed by atoms with E-state index in [1.165, 1.54) is 32.4 Å². The minimum absolute atomic E-state index is 0.104. The lowest BCUT2D eigenvalue weighted by Gasteiger charge is -2.18. The van der Waals surface area contributed by atoms with Crippen LogP contribution in [0.3, 0.4) is 0 Å². The third-order valence-corrected chi connectivity index (χ3v) is 4.05. The van der Waals surface area contributed by atoms with E-state index in [4.69, 9.17) is 16.3 Å². The van der Waals surface area contributed by atoms with Gasteiger partial charge in [0.1, 0.15) is 5.75 Å². The number of anilines is 1. The Morgan fingerprint density at radius 1 is 0.964 bits per heavy atom. The lowest BCUT2D eigenvalue weighted by molar-refractivity contribution is -0.122. The average molecular weight is 406 g/mol. The summed E-state index contributed by atoms with van der Waals surface area (Å²) in [4.78, 5) is 36.3. The van der Waals surface area contributed by atoms with E-state index in [2.05, 4.69) is 14.8 Å². The van der Waals surface area contributed by atoms with Gasteiger partial charge in [0, 0.05) is 10.7 Å². The first-order valence-electron chi connectivity index (χ1n) is 8.42. The molecule has 1 N–H and O–H groups in total. The van der Waals surface area contributed by atoms with Crippen molar-refractivity contribution in [2.75, 3.05) is 19.5 Å². The van der Waals surface area contributed by atoms with Crippen LogP contribution in [0.5, 0.6) is 5.75 Å². The minimum Gasteiger partial charge on any atom is -0.481 e. The van der Waals surface area contributed by atoms with Crippen LogP contribution < -0.4 is 10.1 Å². The molecule has 0 unspecified atom stereocenters. The Balaban J connectivity index is 2.23. The van der Waals surface area contributed by atoms with Crippen LogP contribution in [0.1, 0.15) is 34.1 Å². The smallest absolute Gasteiger partial charge is 0.337 e. The zero-order valence-corrected chi connectivity index (χ0v) is 16.4. The van der Waals surface area contributed by atoms with E-state index < -0.39 is 23.9 Å². The van der Waals surface area contributed by atoms with Crippen LogP contribution in [-0.4, -0.2) is 38.2 Å². The van der Waals surface area contributed by atoms with Crippen LogP contribution in [0.15, 0.2) is 42.5 Å². The third kappa shape index (κ3) is 5.47. The maximum absolute atomic E-state index is 12.6. The molecule has 2 aromatic rings. The molecule has 0 saturated heterocycles. The molecule has 0 fully saturated rings. The predicted octanol–water partition coefficient (Wildman–Crippen LogP) is 3.71. The number of rotatable bonds is 7.